The van der Waals surface area contributed by atoms with Crippen LogP contribution in [-0.2, 0) is 14.9 Å². The van der Waals surface area contributed by atoms with Crippen LogP contribution in [0.5, 0.6) is 0 Å². The minimum Gasteiger partial charge on any atom is -0.453 e. The molecule has 1 aliphatic heterocycles. The first kappa shape index (κ1) is 18.6. The molecule has 3 heterocycles. The summed E-state index contributed by atoms with van der Waals surface area (Å²) < 4.78 is 11.7. The van der Waals surface area contributed by atoms with E-state index in [0.717, 1.165) is 35.2 Å². The second-order valence-corrected chi connectivity index (χ2v) is 8.65. The van der Waals surface area contributed by atoms with Crippen molar-refractivity contribution < 1.29 is 13.9 Å². The molecule has 0 N–H and O–H groups in total. The van der Waals surface area contributed by atoms with Gasteiger partial charge in [-0.3, -0.25) is 9.78 Å². The number of nitrogens with zero attached hydrogens (tertiary/aromatic N) is 2. The van der Waals surface area contributed by atoms with Crippen LogP contribution >= 0.6 is 11.6 Å². The van der Waals surface area contributed by atoms with Crippen LogP contribution in [0, 0.1) is 0 Å². The third kappa shape index (κ3) is 3.22. The monoisotopic (exact) mass is 410 g/mol. The molecule has 2 aromatic heterocycles. The molecule has 2 aliphatic rings. The summed E-state index contributed by atoms with van der Waals surface area (Å²) in [6.45, 7) is 5.38. The summed E-state index contributed by atoms with van der Waals surface area (Å²) in [4.78, 5) is 19.6. The van der Waals surface area contributed by atoms with Crippen molar-refractivity contribution in [2.75, 3.05) is 13.1 Å². The Morgan fingerprint density at radius 1 is 1.14 bits per heavy atom. The van der Waals surface area contributed by atoms with Crippen molar-refractivity contribution in [3.05, 3.63) is 53.2 Å². The van der Waals surface area contributed by atoms with Gasteiger partial charge in [0, 0.05) is 30.9 Å². The van der Waals surface area contributed by atoms with Crippen molar-refractivity contribution >= 4 is 28.6 Å². The van der Waals surface area contributed by atoms with E-state index in [4.69, 9.17) is 20.8 Å². The van der Waals surface area contributed by atoms with Crippen molar-refractivity contribution in [2.24, 2.45) is 0 Å². The van der Waals surface area contributed by atoms with E-state index in [0.29, 0.717) is 23.7 Å². The lowest BCUT2D eigenvalue weighted by Gasteiger charge is -2.37. The van der Waals surface area contributed by atoms with E-state index in [1.54, 1.807) is 12.3 Å². The van der Waals surface area contributed by atoms with Gasteiger partial charge in [0.2, 0.25) is 5.91 Å². The summed E-state index contributed by atoms with van der Waals surface area (Å²) in [5.41, 5.74) is 2.97. The first-order chi connectivity index (χ1) is 14.0. The van der Waals surface area contributed by atoms with Crippen LogP contribution < -0.4 is 0 Å². The van der Waals surface area contributed by atoms with Gasteiger partial charge in [-0.15, -0.1) is 0 Å². The van der Waals surface area contributed by atoms with Gasteiger partial charge in [-0.2, -0.15) is 0 Å². The average molecular weight is 411 g/mol. The van der Waals surface area contributed by atoms with E-state index < -0.39 is 0 Å². The molecule has 5 nitrogen and oxygen atoms in total. The Morgan fingerprint density at radius 2 is 1.83 bits per heavy atom. The molecule has 1 amide bonds. The minimum absolute atomic E-state index is 0.0781. The van der Waals surface area contributed by atoms with Gasteiger partial charge in [0.25, 0.3) is 0 Å². The number of aromatic nitrogens is 1. The molecule has 0 radical (unpaired) electrons. The van der Waals surface area contributed by atoms with Gasteiger partial charge in [0.05, 0.1) is 22.6 Å². The zero-order valence-corrected chi connectivity index (χ0v) is 17.3. The third-order valence-electron chi connectivity index (χ3n) is 5.95. The van der Waals surface area contributed by atoms with Crippen LogP contribution in [0.15, 0.2) is 47.0 Å². The highest BCUT2D eigenvalue weighted by atomic mass is 35.5. The van der Waals surface area contributed by atoms with Gasteiger partial charge in [0.15, 0.2) is 5.58 Å². The van der Waals surface area contributed by atoms with Crippen LogP contribution in [-0.4, -0.2) is 41.1 Å². The Balaban J connectivity index is 1.40. The van der Waals surface area contributed by atoms with Crippen molar-refractivity contribution in [3.63, 3.8) is 0 Å². The van der Waals surface area contributed by atoms with Crippen LogP contribution in [0.2, 0.25) is 5.02 Å². The molecular weight excluding hydrogens is 388 g/mol. The molecule has 29 heavy (non-hydrogen) atoms. The van der Waals surface area contributed by atoms with Gasteiger partial charge in [-0.05, 0) is 38.3 Å². The number of furan rings is 1. The second-order valence-electron chi connectivity index (χ2n) is 8.24. The van der Waals surface area contributed by atoms with Crippen molar-refractivity contribution in [3.8, 4) is 11.3 Å². The van der Waals surface area contributed by atoms with Gasteiger partial charge in [0.1, 0.15) is 11.3 Å². The number of amides is 1. The fourth-order valence-electron chi connectivity index (χ4n) is 4.40. The number of hydrogen-bond donors (Lipinski definition) is 0. The van der Waals surface area contributed by atoms with E-state index in [9.17, 15) is 4.79 Å². The fraction of sp³-hybridized carbons (Fsp3) is 0.391. The van der Waals surface area contributed by atoms with Crippen LogP contribution in [0.25, 0.3) is 22.4 Å². The normalized spacial score (nSPS) is 23.3. The smallest absolute Gasteiger partial charge is 0.233 e. The molecular formula is C23H23ClN2O3. The molecule has 150 valence electrons. The van der Waals surface area contributed by atoms with E-state index in [1.165, 1.54) is 0 Å². The molecule has 0 bridgehead atoms. The van der Waals surface area contributed by atoms with Crippen molar-refractivity contribution in [1.82, 2.24) is 9.88 Å². The quantitative estimate of drug-likeness (QED) is 0.621. The Morgan fingerprint density at radius 3 is 2.45 bits per heavy atom. The molecule has 1 aliphatic carbocycles. The van der Waals surface area contributed by atoms with Crippen LogP contribution in [0.1, 0.15) is 32.3 Å². The second kappa shape index (κ2) is 6.85. The molecule has 5 rings (SSSR count). The number of morpholine rings is 1. The Hall–Kier alpha value is -2.37. The molecule has 0 spiro atoms. The first-order valence-electron chi connectivity index (χ1n) is 10.1. The Bertz CT molecular complexity index is 1060. The number of ether oxygens (including phenoxy) is 1. The Labute approximate surface area is 174 Å². The fourth-order valence-corrected chi connectivity index (χ4v) is 4.59. The van der Waals surface area contributed by atoms with Crippen molar-refractivity contribution in [2.45, 2.75) is 44.3 Å². The molecule has 2 atom stereocenters. The largest absolute Gasteiger partial charge is 0.453 e. The maximum atomic E-state index is 13.3. The number of hydrogen-bond acceptors (Lipinski definition) is 4. The molecule has 1 saturated carbocycles. The zero-order chi connectivity index (χ0) is 20.2. The molecule has 1 aromatic carbocycles. The number of fused-ring (bicyclic) bond motifs is 1. The summed E-state index contributed by atoms with van der Waals surface area (Å²) in [5, 5.41) is 0.550. The maximum absolute atomic E-state index is 13.3. The highest BCUT2D eigenvalue weighted by molar-refractivity contribution is 6.34. The summed E-state index contributed by atoms with van der Waals surface area (Å²) >= 11 is 6.20. The predicted octanol–water partition coefficient (Wildman–Crippen LogP) is 4.82. The lowest BCUT2D eigenvalue weighted by molar-refractivity contribution is -0.145. The Kier molecular flexibility index (Phi) is 4.41. The molecule has 1 saturated heterocycles. The third-order valence-corrected chi connectivity index (χ3v) is 6.25. The van der Waals surface area contributed by atoms with Crippen molar-refractivity contribution in [1.29, 1.82) is 0 Å². The number of halogens is 1. The number of carbonyl (C=O) groups excluding carboxylic acids is 1. The molecule has 0 unspecified atom stereocenters. The van der Waals surface area contributed by atoms with E-state index >= 15 is 0 Å². The first-order valence-corrected chi connectivity index (χ1v) is 10.4. The van der Waals surface area contributed by atoms with Gasteiger partial charge in [-0.25, -0.2) is 0 Å². The lowest BCUT2D eigenvalue weighted by atomic mass is 9.92. The summed E-state index contributed by atoms with van der Waals surface area (Å²) in [5.74, 6) is 0.950. The molecule has 6 heteroatoms. The lowest BCUT2D eigenvalue weighted by Crippen LogP contribution is -2.51. The minimum atomic E-state index is -0.381. The average Bonchev–Trinajstić information content (AvgIpc) is 3.39. The van der Waals surface area contributed by atoms with E-state index in [1.807, 2.05) is 36.9 Å². The highest BCUT2D eigenvalue weighted by Crippen LogP contribution is 2.50. The number of carbonyl (C=O) groups is 1. The molecule has 2 fully saturated rings. The van der Waals surface area contributed by atoms with Gasteiger partial charge < -0.3 is 14.1 Å². The number of rotatable bonds is 3. The summed E-state index contributed by atoms with van der Waals surface area (Å²) in [7, 11) is 0. The number of pyridine rings is 1. The van der Waals surface area contributed by atoms with E-state index in [2.05, 4.69) is 17.1 Å². The highest BCUT2D eigenvalue weighted by Gasteiger charge is 2.53. The predicted molar refractivity (Wildman–Crippen MR) is 112 cm³/mol. The standard InChI is InChI=1S/C23H23ClN2O3/c1-14-12-26(13-15(2)28-14)22(27)23(8-9-23)17-5-3-16(4-6-17)20-11-19-21(29-20)18(24)7-10-25-19/h3-7,10-11,14-15H,8-9,12-13H2,1-2H3/t14-,15+. The van der Waals surface area contributed by atoms with Crippen LogP contribution in [0.3, 0.4) is 0 Å². The number of benzene rings is 1. The molecule has 3 aromatic rings. The topological polar surface area (TPSA) is 55.6 Å². The summed E-state index contributed by atoms with van der Waals surface area (Å²) in [6, 6.07) is 11.7. The van der Waals surface area contributed by atoms with Crippen LogP contribution in [0.4, 0.5) is 0 Å². The van der Waals surface area contributed by atoms with E-state index in [-0.39, 0.29) is 23.5 Å². The van der Waals surface area contributed by atoms with Gasteiger partial charge >= 0.3 is 0 Å². The SMILES string of the molecule is C[C@@H]1CN(C(=O)C2(c3ccc(-c4cc5nccc(Cl)c5o4)cc3)CC2)C[C@H](C)O1. The summed E-state index contributed by atoms with van der Waals surface area (Å²) in [6.07, 6.45) is 3.62. The maximum Gasteiger partial charge on any atom is 0.233 e. The zero-order valence-electron chi connectivity index (χ0n) is 16.5. The van der Waals surface area contributed by atoms with Gasteiger partial charge in [-0.1, -0.05) is 35.9 Å².